The number of carbonyl (C=O) groups is 2. The third kappa shape index (κ3) is 3.88. The Morgan fingerprint density at radius 3 is 2.78 bits per heavy atom. The van der Waals surface area contributed by atoms with Crippen LogP contribution in [0, 0.1) is 12.8 Å². The number of pyridine rings is 1. The first-order valence-corrected chi connectivity index (χ1v) is 8.16. The number of hydrogen-bond donors (Lipinski definition) is 1. The zero-order valence-corrected chi connectivity index (χ0v) is 13.3. The van der Waals surface area contributed by atoms with E-state index < -0.39 is 5.97 Å². The molecule has 124 valence electrons. The van der Waals surface area contributed by atoms with Crippen molar-refractivity contribution in [2.24, 2.45) is 5.92 Å². The van der Waals surface area contributed by atoms with Gasteiger partial charge in [0.25, 0.3) is 5.91 Å². The molecule has 1 amide bonds. The van der Waals surface area contributed by atoms with Gasteiger partial charge in [0.2, 0.25) is 0 Å². The molecule has 1 saturated carbocycles. The largest absolute Gasteiger partial charge is 0.478 e. The zero-order chi connectivity index (χ0) is 16.4. The minimum absolute atomic E-state index is 0.104. The predicted molar refractivity (Wildman–Crippen MR) is 83.5 cm³/mol. The van der Waals surface area contributed by atoms with Crippen molar-refractivity contribution in [3.8, 4) is 0 Å². The number of ether oxygens (including phenoxy) is 1. The minimum atomic E-state index is -1.03. The van der Waals surface area contributed by atoms with E-state index in [1.807, 2.05) is 0 Å². The molecule has 1 aliphatic carbocycles. The number of likely N-dealkylation sites (tertiary alicyclic amines) is 1. The molecule has 23 heavy (non-hydrogen) atoms. The first-order valence-electron chi connectivity index (χ1n) is 8.16. The second-order valence-corrected chi connectivity index (χ2v) is 6.43. The quantitative estimate of drug-likeness (QED) is 0.899. The number of hydrogen-bond acceptors (Lipinski definition) is 4. The number of aromatic carboxylic acids is 1. The molecule has 1 saturated heterocycles. The molecule has 2 heterocycles. The molecule has 0 bridgehead atoms. The van der Waals surface area contributed by atoms with Gasteiger partial charge in [0.1, 0.15) is 5.69 Å². The summed E-state index contributed by atoms with van der Waals surface area (Å²) in [7, 11) is 0. The predicted octanol–water partition coefficient (Wildman–Crippen LogP) is 2.12. The Morgan fingerprint density at radius 1 is 1.35 bits per heavy atom. The van der Waals surface area contributed by atoms with Crippen molar-refractivity contribution in [3.05, 3.63) is 29.1 Å². The summed E-state index contributed by atoms with van der Waals surface area (Å²) in [6, 6.07) is 2.94. The van der Waals surface area contributed by atoms with E-state index in [1.54, 1.807) is 11.8 Å². The van der Waals surface area contributed by atoms with Crippen LogP contribution in [0.15, 0.2) is 12.1 Å². The molecule has 0 radical (unpaired) electrons. The number of carboxylic acids is 1. The van der Waals surface area contributed by atoms with Crippen LogP contribution in [0.1, 0.15) is 52.2 Å². The number of aryl methyl sites for hydroxylation is 1. The fourth-order valence-electron chi connectivity index (χ4n) is 2.88. The maximum absolute atomic E-state index is 12.6. The van der Waals surface area contributed by atoms with Crippen LogP contribution in [-0.4, -0.2) is 52.7 Å². The maximum atomic E-state index is 12.6. The fraction of sp³-hybridized carbons (Fsp3) is 0.588. The van der Waals surface area contributed by atoms with Gasteiger partial charge >= 0.3 is 5.97 Å². The highest BCUT2D eigenvalue weighted by Gasteiger charge is 2.28. The van der Waals surface area contributed by atoms with E-state index in [1.165, 1.54) is 25.0 Å². The van der Waals surface area contributed by atoms with Crippen molar-refractivity contribution in [2.45, 2.75) is 38.7 Å². The van der Waals surface area contributed by atoms with Crippen LogP contribution in [0.5, 0.6) is 0 Å². The molecule has 0 aromatic carbocycles. The van der Waals surface area contributed by atoms with Gasteiger partial charge in [-0.3, -0.25) is 4.79 Å². The van der Waals surface area contributed by atoms with Gasteiger partial charge in [-0.25, -0.2) is 9.78 Å². The van der Waals surface area contributed by atoms with Gasteiger partial charge in [-0.05, 0) is 50.7 Å². The van der Waals surface area contributed by atoms with Crippen LogP contribution < -0.4 is 0 Å². The molecule has 1 unspecified atom stereocenters. The van der Waals surface area contributed by atoms with Crippen LogP contribution in [-0.2, 0) is 4.74 Å². The molecule has 2 fully saturated rings. The van der Waals surface area contributed by atoms with E-state index in [0.29, 0.717) is 30.4 Å². The Hall–Kier alpha value is -1.95. The summed E-state index contributed by atoms with van der Waals surface area (Å²) in [5, 5.41) is 9.04. The van der Waals surface area contributed by atoms with Crippen LogP contribution in [0.2, 0.25) is 0 Å². The second-order valence-electron chi connectivity index (χ2n) is 6.43. The van der Waals surface area contributed by atoms with Gasteiger partial charge in [-0.1, -0.05) is 0 Å². The highest BCUT2D eigenvalue weighted by Crippen LogP contribution is 2.30. The standard InChI is InChI=1S/C17H22N2O4/c1-11-14(17(21)22)6-7-15(18-11)16(20)19-8-2-3-13(9-19)23-10-12-4-5-12/h6-7,12-13H,2-5,8-10H2,1H3,(H,21,22). The normalized spacial score (nSPS) is 21.3. The van der Waals surface area contributed by atoms with Crippen LogP contribution in [0.3, 0.4) is 0 Å². The van der Waals surface area contributed by atoms with E-state index >= 15 is 0 Å². The number of carboxylic acid groups (broad SMARTS) is 1. The van der Waals surface area contributed by atoms with Gasteiger partial charge in [0.05, 0.1) is 17.4 Å². The third-order valence-electron chi connectivity index (χ3n) is 4.47. The van der Waals surface area contributed by atoms with E-state index in [4.69, 9.17) is 9.84 Å². The molecule has 1 atom stereocenters. The molecule has 3 rings (SSSR count). The van der Waals surface area contributed by atoms with Gasteiger partial charge < -0.3 is 14.7 Å². The summed E-state index contributed by atoms with van der Waals surface area (Å²) in [6.07, 6.45) is 4.53. The highest BCUT2D eigenvalue weighted by atomic mass is 16.5. The monoisotopic (exact) mass is 318 g/mol. The number of rotatable bonds is 5. The lowest BCUT2D eigenvalue weighted by Crippen LogP contribution is -2.43. The first kappa shape index (κ1) is 15.9. The van der Waals surface area contributed by atoms with Gasteiger partial charge in [-0.2, -0.15) is 0 Å². The molecule has 1 aromatic rings. The lowest BCUT2D eigenvalue weighted by atomic mass is 10.1. The number of amides is 1. The van der Waals surface area contributed by atoms with Crippen molar-refractivity contribution >= 4 is 11.9 Å². The Kier molecular flexibility index (Phi) is 4.61. The zero-order valence-electron chi connectivity index (χ0n) is 13.3. The molecule has 1 aromatic heterocycles. The Bertz CT molecular complexity index is 613. The number of nitrogens with zero attached hydrogens (tertiary/aromatic N) is 2. The topological polar surface area (TPSA) is 79.7 Å². The molecular weight excluding hydrogens is 296 g/mol. The van der Waals surface area contributed by atoms with E-state index in [0.717, 1.165) is 19.4 Å². The van der Waals surface area contributed by atoms with Gasteiger partial charge in [0.15, 0.2) is 0 Å². The number of aromatic nitrogens is 1. The van der Waals surface area contributed by atoms with Crippen molar-refractivity contribution in [1.82, 2.24) is 9.88 Å². The van der Waals surface area contributed by atoms with Crippen LogP contribution in [0.4, 0.5) is 0 Å². The van der Waals surface area contributed by atoms with E-state index in [2.05, 4.69) is 4.98 Å². The first-order chi connectivity index (χ1) is 11.0. The number of carbonyl (C=O) groups excluding carboxylic acids is 1. The number of piperidine rings is 1. The molecular formula is C17H22N2O4. The Balaban J connectivity index is 1.64. The molecule has 6 nitrogen and oxygen atoms in total. The average molecular weight is 318 g/mol. The van der Waals surface area contributed by atoms with Gasteiger partial charge in [0, 0.05) is 19.7 Å². The van der Waals surface area contributed by atoms with Crippen molar-refractivity contribution < 1.29 is 19.4 Å². The molecule has 1 N–H and O–H groups in total. The Morgan fingerprint density at radius 2 is 2.13 bits per heavy atom. The SMILES string of the molecule is Cc1nc(C(=O)N2CCCC(OCC3CC3)C2)ccc1C(=O)O. The van der Waals surface area contributed by atoms with Crippen LogP contribution >= 0.6 is 0 Å². The van der Waals surface area contributed by atoms with Crippen molar-refractivity contribution in [2.75, 3.05) is 19.7 Å². The summed E-state index contributed by atoms with van der Waals surface area (Å²) in [5.74, 6) is -0.459. The van der Waals surface area contributed by atoms with Crippen molar-refractivity contribution in [3.63, 3.8) is 0 Å². The fourth-order valence-corrected chi connectivity index (χ4v) is 2.88. The van der Waals surface area contributed by atoms with Crippen molar-refractivity contribution in [1.29, 1.82) is 0 Å². The minimum Gasteiger partial charge on any atom is -0.478 e. The smallest absolute Gasteiger partial charge is 0.337 e. The third-order valence-corrected chi connectivity index (χ3v) is 4.47. The molecule has 0 spiro atoms. The lowest BCUT2D eigenvalue weighted by Gasteiger charge is -2.32. The second kappa shape index (κ2) is 6.66. The van der Waals surface area contributed by atoms with E-state index in [-0.39, 0.29) is 17.6 Å². The lowest BCUT2D eigenvalue weighted by molar-refractivity contribution is -0.00260. The molecule has 6 heteroatoms. The summed E-state index contributed by atoms with van der Waals surface area (Å²) in [6.45, 7) is 3.70. The summed E-state index contributed by atoms with van der Waals surface area (Å²) in [5.41, 5.74) is 0.795. The van der Waals surface area contributed by atoms with Crippen LogP contribution in [0.25, 0.3) is 0 Å². The average Bonchev–Trinajstić information content (AvgIpc) is 3.36. The summed E-state index contributed by atoms with van der Waals surface area (Å²) >= 11 is 0. The Labute approximate surface area is 135 Å². The summed E-state index contributed by atoms with van der Waals surface area (Å²) in [4.78, 5) is 29.6. The molecule has 2 aliphatic rings. The maximum Gasteiger partial charge on any atom is 0.337 e. The summed E-state index contributed by atoms with van der Waals surface area (Å²) < 4.78 is 5.91. The molecule has 1 aliphatic heterocycles. The van der Waals surface area contributed by atoms with E-state index in [9.17, 15) is 9.59 Å². The van der Waals surface area contributed by atoms with Gasteiger partial charge in [-0.15, -0.1) is 0 Å². The highest BCUT2D eigenvalue weighted by molar-refractivity contribution is 5.94.